The van der Waals surface area contributed by atoms with Gasteiger partial charge in [0.05, 0.1) is 17.6 Å². The minimum Gasteiger partial charge on any atom is -0.461 e. The molecule has 9 heteroatoms. The first kappa shape index (κ1) is 15.8. The van der Waals surface area contributed by atoms with E-state index in [4.69, 9.17) is 4.74 Å². The number of hydrogen-bond acceptors (Lipinski definition) is 7. The predicted molar refractivity (Wildman–Crippen MR) is 82.7 cm³/mol. The van der Waals surface area contributed by atoms with Gasteiger partial charge in [-0.15, -0.1) is 15.1 Å². The molecule has 0 bridgehead atoms. The van der Waals surface area contributed by atoms with Crippen LogP contribution in [0, 0.1) is 17.7 Å². The second-order valence-electron chi connectivity index (χ2n) is 5.38. The zero-order valence-electron chi connectivity index (χ0n) is 13.0. The van der Waals surface area contributed by atoms with Crippen LogP contribution in [0.3, 0.4) is 0 Å². The van der Waals surface area contributed by atoms with Crippen LogP contribution in [0.4, 0.5) is 5.69 Å². The summed E-state index contributed by atoms with van der Waals surface area (Å²) < 4.78 is 4.84. The molecule has 2 atom stereocenters. The molecule has 3 rings (SSSR count). The molecular weight excluding hydrogens is 316 g/mol. The van der Waals surface area contributed by atoms with E-state index in [1.807, 2.05) is 6.92 Å². The molecule has 0 saturated carbocycles. The molecule has 0 N–H and O–H groups in total. The van der Waals surface area contributed by atoms with Crippen molar-refractivity contribution in [3.63, 3.8) is 0 Å². The van der Waals surface area contributed by atoms with Crippen LogP contribution in [0.5, 0.6) is 0 Å². The van der Waals surface area contributed by atoms with Gasteiger partial charge in [-0.05, 0) is 26.0 Å². The summed E-state index contributed by atoms with van der Waals surface area (Å²) in [5.74, 6) is -3.33. The lowest BCUT2D eigenvalue weighted by Crippen LogP contribution is -2.36. The second kappa shape index (κ2) is 5.84. The minimum atomic E-state index is -1.25. The number of amides is 2. The van der Waals surface area contributed by atoms with Gasteiger partial charge in [-0.1, -0.05) is 17.7 Å². The van der Waals surface area contributed by atoms with Crippen molar-refractivity contribution in [2.45, 2.75) is 19.9 Å². The van der Waals surface area contributed by atoms with E-state index in [-0.39, 0.29) is 12.3 Å². The van der Waals surface area contributed by atoms with Crippen LogP contribution in [0.2, 0.25) is 0 Å². The molecule has 9 nitrogen and oxygen atoms in total. The van der Waals surface area contributed by atoms with E-state index in [0.29, 0.717) is 10.8 Å². The van der Waals surface area contributed by atoms with Crippen molar-refractivity contribution in [1.82, 2.24) is 5.12 Å². The third kappa shape index (κ3) is 2.25. The SMILES string of the molecule is CCOC(=O)C1=NN(N=O)C2C(=O)N(c3ccc(C)cc3)C(=O)C12. The van der Waals surface area contributed by atoms with Crippen LogP contribution >= 0.6 is 0 Å². The Morgan fingerprint density at radius 3 is 2.50 bits per heavy atom. The number of carbonyl (C=O) groups is 3. The molecule has 24 heavy (non-hydrogen) atoms. The van der Waals surface area contributed by atoms with Crippen LogP contribution in [0.1, 0.15) is 12.5 Å². The topological polar surface area (TPSA) is 109 Å². The summed E-state index contributed by atoms with van der Waals surface area (Å²) >= 11 is 0. The zero-order chi connectivity index (χ0) is 17.4. The standard InChI is InChI=1S/C15H14N4O5/c1-3-24-15(22)11-10-12(19(16-11)17-23)14(21)18(13(10)20)9-6-4-8(2)5-7-9/h4-7,10,12H,3H2,1-2H3. The highest BCUT2D eigenvalue weighted by atomic mass is 16.5. The first-order valence-corrected chi connectivity index (χ1v) is 7.32. The molecular formula is C15H14N4O5. The number of hydrazone groups is 1. The summed E-state index contributed by atoms with van der Waals surface area (Å²) in [4.78, 5) is 49.2. The van der Waals surface area contributed by atoms with Crippen LogP contribution in [-0.4, -0.2) is 41.3 Å². The van der Waals surface area contributed by atoms with Gasteiger partial charge in [0.1, 0.15) is 5.92 Å². The predicted octanol–water partition coefficient (Wildman–Crippen LogP) is 0.769. The molecule has 1 aromatic rings. The Balaban J connectivity index is 2.00. The number of hydrogen-bond donors (Lipinski definition) is 0. The summed E-state index contributed by atoms with van der Waals surface area (Å²) in [6.07, 6.45) is 0. The molecule has 2 heterocycles. The van der Waals surface area contributed by atoms with Gasteiger partial charge in [0.2, 0.25) is 5.91 Å². The van der Waals surface area contributed by atoms with E-state index in [2.05, 4.69) is 10.4 Å². The zero-order valence-corrected chi connectivity index (χ0v) is 13.0. The van der Waals surface area contributed by atoms with Crippen molar-refractivity contribution in [3.8, 4) is 0 Å². The summed E-state index contributed by atoms with van der Waals surface area (Å²) in [5, 5.41) is 6.88. The van der Waals surface area contributed by atoms with Crippen LogP contribution in [-0.2, 0) is 19.1 Å². The molecule has 0 aliphatic carbocycles. The van der Waals surface area contributed by atoms with Crippen molar-refractivity contribution in [2.24, 2.45) is 16.3 Å². The maximum atomic E-state index is 12.7. The van der Waals surface area contributed by atoms with Crippen molar-refractivity contribution in [3.05, 3.63) is 34.7 Å². The Kier molecular flexibility index (Phi) is 3.84. The van der Waals surface area contributed by atoms with Gasteiger partial charge in [0.25, 0.3) is 5.91 Å². The van der Waals surface area contributed by atoms with Crippen LogP contribution in [0.25, 0.3) is 0 Å². The Morgan fingerprint density at radius 1 is 1.25 bits per heavy atom. The number of fused-ring (bicyclic) bond motifs is 1. The van der Waals surface area contributed by atoms with Gasteiger partial charge in [0, 0.05) is 0 Å². The minimum absolute atomic E-state index is 0.0770. The Labute approximate surface area is 136 Å². The highest BCUT2D eigenvalue weighted by molar-refractivity contribution is 6.46. The first-order valence-electron chi connectivity index (χ1n) is 7.32. The normalized spacial score (nSPS) is 22.5. The lowest BCUT2D eigenvalue weighted by Gasteiger charge is -2.16. The van der Waals surface area contributed by atoms with E-state index < -0.39 is 29.7 Å². The Morgan fingerprint density at radius 2 is 1.92 bits per heavy atom. The van der Waals surface area contributed by atoms with Gasteiger partial charge >= 0.3 is 5.97 Å². The number of carbonyl (C=O) groups excluding carboxylic acids is 3. The monoisotopic (exact) mass is 330 g/mol. The number of imide groups is 1. The number of nitrogens with zero attached hydrogens (tertiary/aromatic N) is 4. The molecule has 1 fully saturated rings. The van der Waals surface area contributed by atoms with Crippen molar-refractivity contribution >= 4 is 29.2 Å². The number of anilines is 1. The van der Waals surface area contributed by atoms with Crippen LogP contribution < -0.4 is 4.90 Å². The maximum Gasteiger partial charge on any atom is 0.355 e. The van der Waals surface area contributed by atoms with E-state index >= 15 is 0 Å². The smallest absolute Gasteiger partial charge is 0.355 e. The van der Waals surface area contributed by atoms with Gasteiger partial charge in [0.15, 0.2) is 11.8 Å². The molecule has 2 aliphatic rings. The molecule has 0 aromatic heterocycles. The summed E-state index contributed by atoms with van der Waals surface area (Å²) in [6.45, 7) is 3.55. The van der Waals surface area contributed by atoms with Crippen molar-refractivity contribution in [2.75, 3.05) is 11.5 Å². The number of rotatable bonds is 4. The first-order chi connectivity index (χ1) is 11.5. The second-order valence-corrected chi connectivity index (χ2v) is 5.38. The fourth-order valence-electron chi connectivity index (χ4n) is 2.78. The largest absolute Gasteiger partial charge is 0.461 e. The van der Waals surface area contributed by atoms with E-state index in [9.17, 15) is 19.3 Å². The fourth-order valence-corrected chi connectivity index (χ4v) is 2.78. The highest BCUT2D eigenvalue weighted by Crippen LogP contribution is 2.35. The van der Waals surface area contributed by atoms with Gasteiger partial charge < -0.3 is 4.74 Å². The van der Waals surface area contributed by atoms with Crippen molar-refractivity contribution < 1.29 is 19.1 Å². The molecule has 2 amide bonds. The van der Waals surface area contributed by atoms with Crippen molar-refractivity contribution in [1.29, 1.82) is 0 Å². The molecule has 0 radical (unpaired) electrons. The molecule has 124 valence electrons. The number of nitroso groups, excluding NO2 is 1. The Bertz CT molecular complexity index is 758. The summed E-state index contributed by atoms with van der Waals surface area (Å²) in [7, 11) is 0. The summed E-state index contributed by atoms with van der Waals surface area (Å²) in [5.41, 5.74) is 1.04. The molecule has 2 aliphatic heterocycles. The number of benzene rings is 1. The molecule has 0 spiro atoms. The quantitative estimate of drug-likeness (QED) is 0.458. The summed E-state index contributed by atoms with van der Waals surface area (Å²) in [6, 6.07) is 5.48. The van der Waals surface area contributed by atoms with E-state index in [1.54, 1.807) is 31.2 Å². The fraction of sp³-hybridized carbons (Fsp3) is 0.333. The lowest BCUT2D eigenvalue weighted by molar-refractivity contribution is -0.136. The highest BCUT2D eigenvalue weighted by Gasteiger charge is 2.59. The average Bonchev–Trinajstić information content (AvgIpc) is 3.07. The molecule has 2 unspecified atom stereocenters. The number of esters is 1. The van der Waals surface area contributed by atoms with Gasteiger partial charge in [-0.2, -0.15) is 0 Å². The third-order valence-electron chi connectivity index (χ3n) is 3.89. The lowest BCUT2D eigenvalue weighted by atomic mass is 9.98. The maximum absolute atomic E-state index is 12.7. The molecule has 1 saturated heterocycles. The van der Waals surface area contributed by atoms with Gasteiger partial charge in [-0.25, -0.2) is 9.69 Å². The third-order valence-corrected chi connectivity index (χ3v) is 3.89. The number of aryl methyl sites for hydroxylation is 1. The number of ether oxygens (including phenoxy) is 1. The Hall–Kier alpha value is -3.10. The van der Waals surface area contributed by atoms with Crippen LogP contribution in [0.15, 0.2) is 34.7 Å². The van der Waals surface area contributed by atoms with E-state index in [1.165, 1.54) is 0 Å². The molecule has 1 aromatic carbocycles. The van der Waals surface area contributed by atoms with Gasteiger partial charge in [-0.3, -0.25) is 9.59 Å². The van der Waals surface area contributed by atoms with E-state index in [0.717, 1.165) is 10.5 Å². The average molecular weight is 330 g/mol.